The van der Waals surface area contributed by atoms with Crippen molar-refractivity contribution < 1.29 is 9.32 Å². The zero-order valence-electron chi connectivity index (χ0n) is 12.2. The zero-order valence-corrected chi connectivity index (χ0v) is 13.7. The van der Waals surface area contributed by atoms with Crippen molar-refractivity contribution >= 4 is 28.8 Å². The standard InChI is InChI=1S/C16H14ClN3O2S/c17-13-3-1-2-11(8-13)9-18-14(21)4-5-15-19-16(20-22-15)12-6-7-23-10-12/h1-3,6-8,10H,4-5,9H2,(H,18,21). The molecule has 23 heavy (non-hydrogen) atoms. The third-order valence-corrected chi connectivity index (χ3v) is 4.11. The highest BCUT2D eigenvalue weighted by Crippen LogP contribution is 2.19. The van der Waals surface area contributed by atoms with Gasteiger partial charge in [-0.3, -0.25) is 4.79 Å². The minimum Gasteiger partial charge on any atom is -0.352 e. The number of carbonyl (C=O) groups is 1. The molecule has 2 heterocycles. The van der Waals surface area contributed by atoms with Crippen molar-refractivity contribution in [2.24, 2.45) is 0 Å². The largest absolute Gasteiger partial charge is 0.352 e. The Kier molecular flexibility index (Phi) is 5.05. The van der Waals surface area contributed by atoms with Gasteiger partial charge in [0.25, 0.3) is 0 Å². The first-order valence-electron chi connectivity index (χ1n) is 7.07. The highest BCUT2D eigenvalue weighted by molar-refractivity contribution is 7.08. The van der Waals surface area contributed by atoms with E-state index in [4.69, 9.17) is 16.1 Å². The van der Waals surface area contributed by atoms with Gasteiger partial charge in [0.05, 0.1) is 0 Å². The molecule has 3 rings (SSSR count). The number of benzene rings is 1. The highest BCUT2D eigenvalue weighted by Gasteiger charge is 2.10. The van der Waals surface area contributed by atoms with E-state index in [1.807, 2.05) is 35.0 Å². The molecule has 3 aromatic rings. The minimum atomic E-state index is -0.0692. The van der Waals surface area contributed by atoms with Gasteiger partial charge in [0.2, 0.25) is 17.6 Å². The molecule has 0 aliphatic heterocycles. The second-order valence-corrected chi connectivity index (χ2v) is 6.15. The molecule has 118 valence electrons. The van der Waals surface area contributed by atoms with Crippen LogP contribution in [0.25, 0.3) is 11.4 Å². The maximum atomic E-state index is 11.9. The van der Waals surface area contributed by atoms with Gasteiger partial charge in [-0.25, -0.2) is 0 Å². The van der Waals surface area contributed by atoms with Gasteiger partial charge in [0.15, 0.2) is 0 Å². The van der Waals surface area contributed by atoms with Crippen LogP contribution in [0.15, 0.2) is 45.6 Å². The monoisotopic (exact) mass is 347 g/mol. The zero-order chi connectivity index (χ0) is 16.1. The van der Waals surface area contributed by atoms with E-state index in [1.165, 1.54) is 0 Å². The van der Waals surface area contributed by atoms with Crippen LogP contribution < -0.4 is 5.32 Å². The lowest BCUT2D eigenvalue weighted by atomic mass is 10.2. The van der Waals surface area contributed by atoms with Crippen LogP contribution in [0, 0.1) is 0 Å². The van der Waals surface area contributed by atoms with Crippen molar-refractivity contribution in [3.05, 3.63) is 57.6 Å². The van der Waals surface area contributed by atoms with Crippen molar-refractivity contribution in [1.82, 2.24) is 15.5 Å². The molecule has 0 aliphatic carbocycles. The van der Waals surface area contributed by atoms with E-state index in [9.17, 15) is 4.79 Å². The third-order valence-electron chi connectivity index (χ3n) is 3.19. The topological polar surface area (TPSA) is 68.0 Å². The molecule has 1 amide bonds. The predicted octanol–water partition coefficient (Wildman–Crippen LogP) is 3.70. The molecule has 0 aliphatic rings. The van der Waals surface area contributed by atoms with Crippen molar-refractivity contribution in [3.8, 4) is 11.4 Å². The fraction of sp³-hybridized carbons (Fsp3) is 0.188. The van der Waals surface area contributed by atoms with Gasteiger partial charge in [0.1, 0.15) is 0 Å². The fourth-order valence-corrected chi connectivity index (χ4v) is 2.87. The van der Waals surface area contributed by atoms with Crippen LogP contribution in [0.3, 0.4) is 0 Å². The molecule has 7 heteroatoms. The van der Waals surface area contributed by atoms with E-state index in [1.54, 1.807) is 17.4 Å². The van der Waals surface area contributed by atoms with Gasteiger partial charge in [-0.2, -0.15) is 16.3 Å². The van der Waals surface area contributed by atoms with Gasteiger partial charge < -0.3 is 9.84 Å². The average molecular weight is 348 g/mol. The normalized spacial score (nSPS) is 10.7. The Bertz CT molecular complexity index is 786. The number of nitrogens with zero attached hydrogens (tertiary/aromatic N) is 2. The number of amides is 1. The molecule has 1 N–H and O–H groups in total. The molecule has 0 bridgehead atoms. The van der Waals surface area contributed by atoms with Crippen molar-refractivity contribution in [2.75, 3.05) is 0 Å². The molecule has 0 fully saturated rings. The van der Waals surface area contributed by atoms with E-state index in [2.05, 4.69) is 15.5 Å². The van der Waals surface area contributed by atoms with Crippen LogP contribution >= 0.6 is 22.9 Å². The first kappa shape index (κ1) is 15.7. The maximum Gasteiger partial charge on any atom is 0.227 e. The third kappa shape index (κ3) is 4.40. The molecule has 1 aromatic carbocycles. The SMILES string of the molecule is O=C(CCc1nc(-c2ccsc2)no1)NCc1cccc(Cl)c1. The summed E-state index contributed by atoms with van der Waals surface area (Å²) in [7, 11) is 0. The number of rotatable bonds is 6. The van der Waals surface area contributed by atoms with Crippen molar-refractivity contribution in [3.63, 3.8) is 0 Å². The molecule has 0 unspecified atom stereocenters. The number of aryl methyl sites for hydroxylation is 1. The molecule has 0 spiro atoms. The molecule has 0 radical (unpaired) electrons. The molecule has 0 atom stereocenters. The number of carbonyl (C=O) groups excluding carboxylic acids is 1. The molecule has 2 aromatic heterocycles. The summed E-state index contributed by atoms with van der Waals surface area (Å²) >= 11 is 7.48. The summed E-state index contributed by atoms with van der Waals surface area (Å²) in [5, 5.41) is 11.3. The lowest BCUT2D eigenvalue weighted by Gasteiger charge is -2.04. The second kappa shape index (κ2) is 7.39. The molecule has 0 saturated heterocycles. The predicted molar refractivity (Wildman–Crippen MR) is 89.2 cm³/mol. The quantitative estimate of drug-likeness (QED) is 0.738. The van der Waals surface area contributed by atoms with E-state index >= 15 is 0 Å². The van der Waals surface area contributed by atoms with Gasteiger partial charge in [-0.15, -0.1) is 0 Å². The number of halogens is 1. The Morgan fingerprint density at radius 1 is 1.35 bits per heavy atom. The number of aromatic nitrogens is 2. The van der Waals surface area contributed by atoms with Crippen LogP contribution in [-0.4, -0.2) is 16.0 Å². The summed E-state index contributed by atoms with van der Waals surface area (Å²) in [6, 6.07) is 9.32. The maximum absolute atomic E-state index is 11.9. The van der Waals surface area contributed by atoms with Crippen LogP contribution in [0.5, 0.6) is 0 Å². The Hall–Kier alpha value is -2.18. The summed E-state index contributed by atoms with van der Waals surface area (Å²) < 4.78 is 5.16. The minimum absolute atomic E-state index is 0.0692. The lowest BCUT2D eigenvalue weighted by Crippen LogP contribution is -2.23. The van der Waals surface area contributed by atoms with E-state index < -0.39 is 0 Å². The Morgan fingerprint density at radius 2 is 2.26 bits per heavy atom. The van der Waals surface area contributed by atoms with Gasteiger partial charge in [-0.05, 0) is 29.1 Å². The summed E-state index contributed by atoms with van der Waals surface area (Å²) in [5.41, 5.74) is 1.89. The van der Waals surface area contributed by atoms with Crippen LogP contribution in [-0.2, 0) is 17.8 Å². The average Bonchev–Trinajstić information content (AvgIpc) is 3.22. The fourth-order valence-electron chi connectivity index (χ4n) is 2.02. The molecular formula is C16H14ClN3O2S. The molecule has 5 nitrogen and oxygen atoms in total. The first-order chi connectivity index (χ1) is 11.2. The van der Waals surface area contributed by atoms with Crippen molar-refractivity contribution in [2.45, 2.75) is 19.4 Å². The van der Waals surface area contributed by atoms with Crippen molar-refractivity contribution in [1.29, 1.82) is 0 Å². The number of hydrogen-bond acceptors (Lipinski definition) is 5. The summed E-state index contributed by atoms with van der Waals surface area (Å²) in [4.78, 5) is 16.2. The number of thiophene rings is 1. The number of hydrogen-bond donors (Lipinski definition) is 1. The second-order valence-electron chi connectivity index (χ2n) is 4.93. The van der Waals surface area contributed by atoms with Gasteiger partial charge in [-0.1, -0.05) is 28.9 Å². The summed E-state index contributed by atoms with van der Waals surface area (Å²) in [6.45, 7) is 0.448. The Labute approximate surface area is 142 Å². The number of nitrogens with one attached hydrogen (secondary N) is 1. The molecular weight excluding hydrogens is 334 g/mol. The first-order valence-corrected chi connectivity index (χ1v) is 8.39. The Balaban J connectivity index is 1.47. The Morgan fingerprint density at radius 3 is 3.04 bits per heavy atom. The summed E-state index contributed by atoms with van der Waals surface area (Å²) in [5.74, 6) is 0.949. The van der Waals surface area contributed by atoms with E-state index in [-0.39, 0.29) is 5.91 Å². The van der Waals surface area contributed by atoms with Crippen LogP contribution in [0.1, 0.15) is 17.9 Å². The van der Waals surface area contributed by atoms with Crippen LogP contribution in [0.4, 0.5) is 0 Å². The lowest BCUT2D eigenvalue weighted by molar-refractivity contribution is -0.121. The van der Waals surface area contributed by atoms with E-state index in [0.717, 1.165) is 11.1 Å². The van der Waals surface area contributed by atoms with Gasteiger partial charge in [0, 0.05) is 35.4 Å². The van der Waals surface area contributed by atoms with Crippen LogP contribution in [0.2, 0.25) is 5.02 Å². The van der Waals surface area contributed by atoms with E-state index in [0.29, 0.717) is 36.1 Å². The molecule has 0 saturated carbocycles. The highest BCUT2D eigenvalue weighted by atomic mass is 35.5. The smallest absolute Gasteiger partial charge is 0.227 e. The summed E-state index contributed by atoms with van der Waals surface area (Å²) in [6.07, 6.45) is 0.713. The van der Waals surface area contributed by atoms with Gasteiger partial charge >= 0.3 is 0 Å².